The first-order valence-electron chi connectivity index (χ1n) is 5.26. The molecule has 0 saturated heterocycles. The summed E-state index contributed by atoms with van der Waals surface area (Å²) in [4.78, 5) is 12.6. The van der Waals surface area contributed by atoms with Gasteiger partial charge in [-0.1, -0.05) is 6.92 Å². The molecule has 0 radical (unpaired) electrons. The molecule has 84 valence electrons. The summed E-state index contributed by atoms with van der Waals surface area (Å²) in [7, 11) is 1.97. The lowest BCUT2D eigenvalue weighted by molar-refractivity contribution is 0.801. The zero-order valence-corrected chi connectivity index (χ0v) is 9.51. The van der Waals surface area contributed by atoms with Crippen LogP contribution in [0, 0.1) is 0 Å². The van der Waals surface area contributed by atoms with Crippen molar-refractivity contribution in [1.82, 2.24) is 19.5 Å². The van der Waals surface area contributed by atoms with Crippen LogP contribution in [0.3, 0.4) is 0 Å². The Morgan fingerprint density at radius 2 is 2.12 bits per heavy atom. The van der Waals surface area contributed by atoms with Crippen molar-refractivity contribution in [1.29, 1.82) is 0 Å². The van der Waals surface area contributed by atoms with E-state index in [1.807, 2.05) is 17.8 Å². The lowest BCUT2D eigenvalue weighted by atomic mass is 10.1. The third kappa shape index (κ3) is 1.88. The fourth-order valence-electron chi connectivity index (χ4n) is 1.72. The Kier molecular flexibility index (Phi) is 2.85. The highest BCUT2D eigenvalue weighted by atomic mass is 15.0. The highest BCUT2D eigenvalue weighted by Crippen LogP contribution is 2.15. The van der Waals surface area contributed by atoms with Crippen LogP contribution in [0.4, 0.5) is 5.82 Å². The van der Waals surface area contributed by atoms with Gasteiger partial charge in [-0.3, -0.25) is 0 Å². The van der Waals surface area contributed by atoms with Crippen LogP contribution < -0.4 is 5.73 Å². The fourth-order valence-corrected chi connectivity index (χ4v) is 1.72. The van der Waals surface area contributed by atoms with Crippen molar-refractivity contribution < 1.29 is 0 Å². The van der Waals surface area contributed by atoms with Crippen molar-refractivity contribution >= 4 is 5.82 Å². The summed E-state index contributed by atoms with van der Waals surface area (Å²) in [5.74, 6) is 1.55. The second kappa shape index (κ2) is 4.30. The number of hydrogen-bond acceptors (Lipinski definition) is 4. The van der Waals surface area contributed by atoms with Crippen LogP contribution in [0.25, 0.3) is 0 Å². The van der Waals surface area contributed by atoms with E-state index in [-0.39, 0.29) is 0 Å². The van der Waals surface area contributed by atoms with Gasteiger partial charge in [0.2, 0.25) is 0 Å². The molecule has 0 spiro atoms. The van der Waals surface area contributed by atoms with E-state index in [0.29, 0.717) is 12.2 Å². The monoisotopic (exact) mass is 217 g/mol. The molecule has 2 N–H and O–H groups in total. The van der Waals surface area contributed by atoms with Crippen LogP contribution in [-0.4, -0.2) is 19.5 Å². The molecule has 0 aromatic carbocycles. The molecule has 0 fully saturated rings. The summed E-state index contributed by atoms with van der Waals surface area (Å²) in [5.41, 5.74) is 7.80. The van der Waals surface area contributed by atoms with Crippen molar-refractivity contribution in [3.05, 3.63) is 35.8 Å². The number of imidazole rings is 1. The van der Waals surface area contributed by atoms with Crippen molar-refractivity contribution in [3.8, 4) is 0 Å². The molecule has 5 heteroatoms. The van der Waals surface area contributed by atoms with E-state index >= 15 is 0 Å². The second-order valence-electron chi connectivity index (χ2n) is 3.67. The highest BCUT2D eigenvalue weighted by molar-refractivity contribution is 5.42. The standard InChI is InChI=1S/C11H15N5/c1-3-8-9(14-7-15-11(8)12)6-10-13-4-5-16(10)2/h4-5,7H,3,6H2,1-2H3,(H2,12,14,15). The third-order valence-electron chi connectivity index (χ3n) is 2.67. The van der Waals surface area contributed by atoms with Gasteiger partial charge in [-0.25, -0.2) is 15.0 Å². The maximum absolute atomic E-state index is 5.82. The maximum atomic E-state index is 5.82. The van der Waals surface area contributed by atoms with Crippen molar-refractivity contribution in [2.45, 2.75) is 19.8 Å². The Hall–Kier alpha value is -1.91. The van der Waals surface area contributed by atoms with Crippen molar-refractivity contribution in [2.24, 2.45) is 7.05 Å². The number of nitrogen functional groups attached to an aromatic ring is 1. The average Bonchev–Trinajstić information content (AvgIpc) is 2.65. The van der Waals surface area contributed by atoms with Crippen LogP contribution in [0.1, 0.15) is 24.0 Å². The summed E-state index contributed by atoms with van der Waals surface area (Å²) in [5, 5.41) is 0. The quantitative estimate of drug-likeness (QED) is 0.830. The van der Waals surface area contributed by atoms with Crippen LogP contribution in [0.5, 0.6) is 0 Å². The molecule has 16 heavy (non-hydrogen) atoms. The van der Waals surface area contributed by atoms with Crippen molar-refractivity contribution in [3.63, 3.8) is 0 Å². The van der Waals surface area contributed by atoms with Gasteiger partial charge in [-0.05, 0) is 6.42 Å². The predicted molar refractivity (Wildman–Crippen MR) is 61.8 cm³/mol. The fraction of sp³-hybridized carbons (Fsp3) is 0.364. The molecule has 5 nitrogen and oxygen atoms in total. The number of rotatable bonds is 3. The third-order valence-corrected chi connectivity index (χ3v) is 2.67. The molecule has 0 amide bonds. The first kappa shape index (κ1) is 10.6. The van der Waals surface area contributed by atoms with E-state index in [1.165, 1.54) is 6.33 Å². The zero-order valence-electron chi connectivity index (χ0n) is 9.51. The maximum Gasteiger partial charge on any atom is 0.130 e. The Bertz CT molecular complexity index is 489. The highest BCUT2D eigenvalue weighted by Gasteiger charge is 2.10. The van der Waals surface area contributed by atoms with Crippen LogP contribution >= 0.6 is 0 Å². The number of hydrogen-bond donors (Lipinski definition) is 1. The second-order valence-corrected chi connectivity index (χ2v) is 3.67. The van der Waals surface area contributed by atoms with Gasteiger partial charge in [0, 0.05) is 31.4 Å². The van der Waals surface area contributed by atoms with E-state index in [4.69, 9.17) is 5.73 Å². The SMILES string of the molecule is CCc1c(N)ncnc1Cc1nccn1C. The predicted octanol–water partition coefficient (Wildman–Crippen LogP) is 0.946. The molecule has 2 rings (SSSR count). The number of nitrogens with zero attached hydrogens (tertiary/aromatic N) is 4. The molecule has 2 aromatic heterocycles. The minimum Gasteiger partial charge on any atom is -0.383 e. The Morgan fingerprint density at radius 3 is 2.75 bits per heavy atom. The normalized spacial score (nSPS) is 10.6. The van der Waals surface area contributed by atoms with Crippen LogP contribution in [0.15, 0.2) is 18.7 Å². The minimum absolute atomic E-state index is 0.571. The lowest BCUT2D eigenvalue weighted by Gasteiger charge is -2.08. The van der Waals surface area contributed by atoms with E-state index in [0.717, 1.165) is 23.5 Å². The molecular formula is C11H15N5. The van der Waals surface area contributed by atoms with Crippen molar-refractivity contribution in [2.75, 3.05) is 5.73 Å². The smallest absolute Gasteiger partial charge is 0.130 e. The van der Waals surface area contributed by atoms with Crippen LogP contribution in [-0.2, 0) is 19.9 Å². The summed E-state index contributed by atoms with van der Waals surface area (Å²) in [6.45, 7) is 2.05. The molecule has 0 aliphatic heterocycles. The van der Waals surface area contributed by atoms with Crippen LogP contribution in [0.2, 0.25) is 0 Å². The minimum atomic E-state index is 0.571. The molecule has 0 unspecified atom stereocenters. The Balaban J connectivity index is 2.35. The summed E-state index contributed by atoms with van der Waals surface area (Å²) in [6, 6.07) is 0. The molecule has 2 heterocycles. The number of anilines is 1. The van der Waals surface area contributed by atoms with Gasteiger partial charge in [0.05, 0.1) is 5.69 Å². The largest absolute Gasteiger partial charge is 0.383 e. The molecule has 2 aromatic rings. The topological polar surface area (TPSA) is 69.6 Å². The number of aromatic nitrogens is 4. The summed E-state index contributed by atoms with van der Waals surface area (Å²) in [6.07, 6.45) is 6.75. The lowest BCUT2D eigenvalue weighted by Crippen LogP contribution is -2.07. The number of aryl methyl sites for hydroxylation is 1. The van der Waals surface area contributed by atoms with E-state index < -0.39 is 0 Å². The summed E-state index contributed by atoms with van der Waals surface area (Å²) >= 11 is 0. The summed E-state index contributed by atoms with van der Waals surface area (Å²) < 4.78 is 1.98. The van der Waals surface area contributed by atoms with Gasteiger partial charge in [-0.2, -0.15) is 0 Å². The molecule has 0 aliphatic rings. The van der Waals surface area contributed by atoms with Gasteiger partial charge in [0.25, 0.3) is 0 Å². The Morgan fingerprint density at radius 1 is 1.31 bits per heavy atom. The van der Waals surface area contributed by atoms with Gasteiger partial charge >= 0.3 is 0 Å². The van der Waals surface area contributed by atoms with Gasteiger partial charge in [0.15, 0.2) is 0 Å². The van der Waals surface area contributed by atoms with Gasteiger partial charge in [-0.15, -0.1) is 0 Å². The van der Waals surface area contributed by atoms with Gasteiger partial charge in [0.1, 0.15) is 18.0 Å². The molecule has 0 atom stereocenters. The molecule has 0 bridgehead atoms. The van der Waals surface area contributed by atoms with E-state index in [1.54, 1.807) is 6.20 Å². The molecular weight excluding hydrogens is 202 g/mol. The average molecular weight is 217 g/mol. The molecule has 0 aliphatic carbocycles. The first-order chi connectivity index (χ1) is 7.72. The Labute approximate surface area is 94.4 Å². The first-order valence-corrected chi connectivity index (χ1v) is 5.26. The van der Waals surface area contributed by atoms with E-state index in [2.05, 4.69) is 21.9 Å². The number of nitrogens with two attached hydrogens (primary N) is 1. The van der Waals surface area contributed by atoms with E-state index in [9.17, 15) is 0 Å². The van der Waals surface area contributed by atoms with Gasteiger partial charge < -0.3 is 10.3 Å². The molecule has 0 saturated carbocycles. The zero-order chi connectivity index (χ0) is 11.5.